The van der Waals surface area contributed by atoms with Gasteiger partial charge in [-0.05, 0) is 36.2 Å². The van der Waals surface area contributed by atoms with E-state index in [0.29, 0.717) is 19.5 Å². The summed E-state index contributed by atoms with van der Waals surface area (Å²) in [5.74, 6) is 0.0367. The first-order chi connectivity index (χ1) is 12.2. The summed E-state index contributed by atoms with van der Waals surface area (Å²) in [6.45, 7) is 1.19. The van der Waals surface area contributed by atoms with Gasteiger partial charge in [0, 0.05) is 36.1 Å². The molecule has 0 bridgehead atoms. The number of carbonyl (C=O) groups is 1. The second kappa shape index (κ2) is 8.49. The van der Waals surface area contributed by atoms with Crippen molar-refractivity contribution in [3.63, 3.8) is 0 Å². The van der Waals surface area contributed by atoms with Crippen molar-refractivity contribution < 1.29 is 4.79 Å². The summed E-state index contributed by atoms with van der Waals surface area (Å²) in [7, 11) is 0. The van der Waals surface area contributed by atoms with E-state index in [1.165, 1.54) is 0 Å². The van der Waals surface area contributed by atoms with Crippen LogP contribution < -0.4 is 10.6 Å². The molecule has 3 rings (SSSR count). The second-order valence-electron chi connectivity index (χ2n) is 5.78. The Hall–Kier alpha value is -2.59. The molecule has 0 aliphatic rings. The van der Waals surface area contributed by atoms with Crippen LogP contribution >= 0.6 is 11.6 Å². The quantitative estimate of drug-likeness (QED) is 0.673. The maximum absolute atomic E-state index is 12.0. The molecule has 0 aliphatic heterocycles. The first kappa shape index (κ1) is 17.2. The fraction of sp³-hybridized carbons (Fsp3) is 0.200. The molecular formula is C20H20ClN3O. The highest BCUT2D eigenvalue weighted by Crippen LogP contribution is 2.20. The third-order valence-electron chi connectivity index (χ3n) is 3.95. The number of halogens is 1. The van der Waals surface area contributed by atoms with Gasteiger partial charge in [-0.25, -0.2) is 0 Å². The van der Waals surface area contributed by atoms with Gasteiger partial charge in [-0.3, -0.25) is 9.78 Å². The SMILES string of the molecule is O=C(CCNc1cccc2cccnc12)NCCc1ccc(Cl)cc1. The summed E-state index contributed by atoms with van der Waals surface area (Å²) in [5.41, 5.74) is 3.03. The largest absolute Gasteiger partial charge is 0.383 e. The summed E-state index contributed by atoms with van der Waals surface area (Å²) < 4.78 is 0. The van der Waals surface area contributed by atoms with Crippen LogP contribution in [-0.2, 0) is 11.2 Å². The van der Waals surface area contributed by atoms with Crippen LogP contribution in [-0.4, -0.2) is 24.0 Å². The van der Waals surface area contributed by atoms with Crippen molar-refractivity contribution >= 4 is 34.1 Å². The van der Waals surface area contributed by atoms with Crippen molar-refractivity contribution in [1.82, 2.24) is 10.3 Å². The van der Waals surface area contributed by atoms with E-state index in [1.54, 1.807) is 6.20 Å². The Bertz CT molecular complexity index is 844. The smallest absolute Gasteiger partial charge is 0.221 e. The Kier molecular flexibility index (Phi) is 5.86. The molecule has 0 aliphatic carbocycles. The molecule has 4 nitrogen and oxygen atoms in total. The van der Waals surface area contributed by atoms with Gasteiger partial charge >= 0.3 is 0 Å². The summed E-state index contributed by atoms with van der Waals surface area (Å²) in [5, 5.41) is 8.04. The zero-order chi connectivity index (χ0) is 17.5. The first-order valence-corrected chi connectivity index (χ1v) is 8.69. The zero-order valence-electron chi connectivity index (χ0n) is 13.8. The summed E-state index contributed by atoms with van der Waals surface area (Å²) in [6.07, 6.45) is 2.99. The maximum atomic E-state index is 12.0. The average molecular weight is 354 g/mol. The van der Waals surface area contributed by atoms with Gasteiger partial charge < -0.3 is 10.6 Å². The van der Waals surface area contributed by atoms with E-state index in [0.717, 1.165) is 33.6 Å². The van der Waals surface area contributed by atoms with Crippen molar-refractivity contribution in [3.8, 4) is 0 Å². The number of anilines is 1. The Morgan fingerprint density at radius 3 is 2.64 bits per heavy atom. The van der Waals surface area contributed by atoms with Gasteiger partial charge in [-0.15, -0.1) is 0 Å². The predicted molar refractivity (Wildman–Crippen MR) is 103 cm³/mol. The highest BCUT2D eigenvalue weighted by molar-refractivity contribution is 6.30. The fourth-order valence-corrected chi connectivity index (χ4v) is 2.77. The van der Waals surface area contributed by atoms with Gasteiger partial charge in [0.25, 0.3) is 0 Å². The first-order valence-electron chi connectivity index (χ1n) is 8.31. The molecule has 2 N–H and O–H groups in total. The number of fused-ring (bicyclic) bond motifs is 1. The van der Waals surface area contributed by atoms with E-state index in [1.807, 2.05) is 54.6 Å². The van der Waals surface area contributed by atoms with E-state index in [9.17, 15) is 4.79 Å². The second-order valence-corrected chi connectivity index (χ2v) is 6.22. The highest BCUT2D eigenvalue weighted by Gasteiger charge is 2.04. The molecule has 0 saturated heterocycles. The Balaban J connectivity index is 1.42. The van der Waals surface area contributed by atoms with Gasteiger partial charge in [0.15, 0.2) is 0 Å². The molecule has 0 unspecified atom stereocenters. The van der Waals surface area contributed by atoms with Crippen molar-refractivity contribution in [2.45, 2.75) is 12.8 Å². The molecular weight excluding hydrogens is 334 g/mol. The molecule has 2 aromatic carbocycles. The standard InChI is InChI=1S/C20H20ClN3O/c21-17-8-6-15(7-9-17)10-13-23-19(25)11-14-22-18-5-1-3-16-4-2-12-24-20(16)18/h1-9,12,22H,10-11,13-14H2,(H,23,25). The molecule has 5 heteroatoms. The third kappa shape index (κ3) is 4.94. The van der Waals surface area contributed by atoms with Crippen LogP contribution in [0.2, 0.25) is 5.02 Å². The minimum Gasteiger partial charge on any atom is -0.383 e. The maximum Gasteiger partial charge on any atom is 0.221 e. The van der Waals surface area contributed by atoms with Gasteiger partial charge in [-0.1, -0.05) is 41.9 Å². The van der Waals surface area contributed by atoms with Crippen molar-refractivity contribution in [1.29, 1.82) is 0 Å². The summed E-state index contributed by atoms with van der Waals surface area (Å²) in [4.78, 5) is 16.3. The van der Waals surface area contributed by atoms with Crippen LogP contribution in [0.5, 0.6) is 0 Å². The van der Waals surface area contributed by atoms with Gasteiger partial charge in [0.2, 0.25) is 5.91 Å². The fourth-order valence-electron chi connectivity index (χ4n) is 2.64. The van der Waals surface area contributed by atoms with Gasteiger partial charge in [0.05, 0.1) is 11.2 Å². The molecule has 3 aromatic rings. The lowest BCUT2D eigenvalue weighted by Crippen LogP contribution is -2.27. The molecule has 0 fully saturated rings. The van der Waals surface area contributed by atoms with Gasteiger partial charge in [-0.2, -0.15) is 0 Å². The Morgan fingerprint density at radius 1 is 1.00 bits per heavy atom. The number of hydrogen-bond acceptors (Lipinski definition) is 3. The van der Waals surface area contributed by atoms with Crippen molar-refractivity contribution in [2.75, 3.05) is 18.4 Å². The van der Waals surface area contributed by atoms with Crippen LogP contribution in [0.4, 0.5) is 5.69 Å². The number of benzene rings is 2. The van der Waals surface area contributed by atoms with Crippen LogP contribution in [0, 0.1) is 0 Å². The van der Waals surface area contributed by atoms with Crippen molar-refractivity contribution in [2.24, 2.45) is 0 Å². The molecule has 1 heterocycles. The molecule has 128 valence electrons. The Morgan fingerprint density at radius 2 is 1.80 bits per heavy atom. The molecule has 1 aromatic heterocycles. The predicted octanol–water partition coefficient (Wildman–Crippen LogP) is 4.05. The lowest BCUT2D eigenvalue weighted by atomic mass is 10.1. The molecule has 0 radical (unpaired) electrons. The normalized spacial score (nSPS) is 10.6. The number of hydrogen-bond donors (Lipinski definition) is 2. The summed E-state index contributed by atoms with van der Waals surface area (Å²) in [6, 6.07) is 17.6. The zero-order valence-corrected chi connectivity index (χ0v) is 14.6. The minimum atomic E-state index is 0.0367. The number of carbonyl (C=O) groups excluding carboxylic acids is 1. The van der Waals surface area contributed by atoms with E-state index < -0.39 is 0 Å². The minimum absolute atomic E-state index is 0.0367. The van der Waals surface area contributed by atoms with Crippen LogP contribution in [0.25, 0.3) is 10.9 Å². The van der Waals surface area contributed by atoms with Crippen LogP contribution in [0.3, 0.4) is 0 Å². The van der Waals surface area contributed by atoms with E-state index in [4.69, 9.17) is 11.6 Å². The topological polar surface area (TPSA) is 54.0 Å². The van der Waals surface area contributed by atoms with E-state index >= 15 is 0 Å². The lowest BCUT2D eigenvalue weighted by molar-refractivity contribution is -0.120. The number of amides is 1. The van der Waals surface area contributed by atoms with Crippen LogP contribution in [0.15, 0.2) is 60.8 Å². The number of rotatable bonds is 7. The lowest BCUT2D eigenvalue weighted by Gasteiger charge is -2.09. The van der Waals surface area contributed by atoms with Crippen LogP contribution in [0.1, 0.15) is 12.0 Å². The number of para-hydroxylation sites is 1. The number of aromatic nitrogens is 1. The highest BCUT2D eigenvalue weighted by atomic mass is 35.5. The number of pyridine rings is 1. The molecule has 25 heavy (non-hydrogen) atoms. The average Bonchev–Trinajstić information content (AvgIpc) is 2.64. The molecule has 0 atom stereocenters. The Labute approximate surface area is 152 Å². The van der Waals surface area contributed by atoms with Crippen molar-refractivity contribution in [3.05, 3.63) is 71.4 Å². The monoisotopic (exact) mass is 353 g/mol. The number of nitrogens with one attached hydrogen (secondary N) is 2. The molecule has 1 amide bonds. The molecule has 0 spiro atoms. The number of nitrogens with zero attached hydrogens (tertiary/aromatic N) is 1. The van der Waals surface area contributed by atoms with Gasteiger partial charge in [0.1, 0.15) is 0 Å². The molecule has 0 saturated carbocycles. The summed E-state index contributed by atoms with van der Waals surface area (Å²) >= 11 is 5.86. The van der Waals surface area contributed by atoms with E-state index in [2.05, 4.69) is 15.6 Å². The third-order valence-corrected chi connectivity index (χ3v) is 4.20. The van der Waals surface area contributed by atoms with E-state index in [-0.39, 0.29) is 5.91 Å².